The van der Waals surface area contributed by atoms with E-state index in [1.165, 1.54) is 0 Å². The van der Waals surface area contributed by atoms with Crippen LogP contribution in [-0.2, 0) is 0 Å². The molecule has 1 amide bonds. The van der Waals surface area contributed by atoms with Crippen molar-refractivity contribution in [1.82, 2.24) is 5.16 Å². The Morgan fingerprint density at radius 2 is 2.05 bits per heavy atom. The van der Waals surface area contributed by atoms with E-state index >= 15 is 0 Å². The largest absolute Gasteiger partial charge is 0.385 e. The Kier molecular flexibility index (Phi) is 4.62. The molecule has 0 aliphatic rings. The van der Waals surface area contributed by atoms with Crippen LogP contribution in [0.3, 0.4) is 0 Å². The molecule has 0 atom stereocenters. The van der Waals surface area contributed by atoms with Crippen molar-refractivity contribution in [1.29, 1.82) is 0 Å². The highest BCUT2D eigenvalue weighted by Crippen LogP contribution is 2.20. The molecule has 0 saturated carbocycles. The van der Waals surface area contributed by atoms with Crippen molar-refractivity contribution in [2.75, 3.05) is 17.2 Å². The first-order valence-electron chi connectivity index (χ1n) is 7.11. The van der Waals surface area contributed by atoms with Crippen molar-refractivity contribution in [3.63, 3.8) is 0 Å². The normalized spacial score (nSPS) is 10.5. The van der Waals surface area contributed by atoms with Gasteiger partial charge in [-0.25, -0.2) is 0 Å². The van der Waals surface area contributed by atoms with Gasteiger partial charge in [-0.3, -0.25) is 10.1 Å². The summed E-state index contributed by atoms with van der Waals surface area (Å²) in [6.07, 6.45) is 1.06. The van der Waals surface area contributed by atoms with Gasteiger partial charge in [0, 0.05) is 23.4 Å². The van der Waals surface area contributed by atoms with Crippen molar-refractivity contribution >= 4 is 17.5 Å². The van der Waals surface area contributed by atoms with E-state index in [9.17, 15) is 4.79 Å². The summed E-state index contributed by atoms with van der Waals surface area (Å²) >= 11 is 0. The third-order valence-corrected chi connectivity index (χ3v) is 3.44. The lowest BCUT2D eigenvalue weighted by Crippen LogP contribution is -2.13. The molecule has 112 valence electrons. The van der Waals surface area contributed by atoms with Crippen LogP contribution in [0.2, 0.25) is 0 Å². The number of nitrogens with one attached hydrogen (secondary N) is 2. The second-order valence-electron chi connectivity index (χ2n) is 5.13. The first kappa shape index (κ1) is 15.1. The molecule has 1 heterocycles. The van der Waals surface area contributed by atoms with Crippen LogP contribution in [0.5, 0.6) is 0 Å². The van der Waals surface area contributed by atoms with Gasteiger partial charge < -0.3 is 9.84 Å². The molecule has 0 radical (unpaired) electrons. The number of amides is 1. The van der Waals surface area contributed by atoms with Gasteiger partial charge in [-0.1, -0.05) is 12.1 Å². The number of nitrogens with zero attached hydrogens (tertiary/aromatic N) is 1. The number of aromatic nitrogens is 1. The monoisotopic (exact) mass is 287 g/mol. The van der Waals surface area contributed by atoms with Gasteiger partial charge in [-0.05, 0) is 51.0 Å². The zero-order chi connectivity index (χ0) is 15.4. The summed E-state index contributed by atoms with van der Waals surface area (Å²) in [7, 11) is 0. The maximum Gasteiger partial charge on any atom is 0.258 e. The van der Waals surface area contributed by atoms with Crippen LogP contribution < -0.4 is 10.6 Å². The van der Waals surface area contributed by atoms with E-state index in [0.29, 0.717) is 11.4 Å². The molecule has 0 unspecified atom stereocenters. The summed E-state index contributed by atoms with van der Waals surface area (Å²) in [5.74, 6) is 0.211. The summed E-state index contributed by atoms with van der Waals surface area (Å²) in [5.41, 5.74) is 4.33. The zero-order valence-corrected chi connectivity index (χ0v) is 12.9. The van der Waals surface area contributed by atoms with E-state index < -0.39 is 0 Å². The molecular weight excluding hydrogens is 266 g/mol. The van der Waals surface area contributed by atoms with Crippen molar-refractivity contribution in [2.24, 2.45) is 0 Å². The minimum atomic E-state index is -0.195. The molecule has 2 N–H and O–H groups in total. The van der Waals surface area contributed by atoms with Crippen LogP contribution in [0.1, 0.15) is 40.5 Å². The molecular formula is C16H21N3O2. The second kappa shape index (κ2) is 6.43. The van der Waals surface area contributed by atoms with Gasteiger partial charge in [0.25, 0.3) is 5.91 Å². The lowest BCUT2D eigenvalue weighted by Gasteiger charge is -2.10. The predicted molar refractivity (Wildman–Crippen MR) is 83.9 cm³/mol. The van der Waals surface area contributed by atoms with Gasteiger partial charge >= 0.3 is 0 Å². The molecule has 2 aromatic rings. The summed E-state index contributed by atoms with van der Waals surface area (Å²) in [6.45, 7) is 8.73. The fourth-order valence-electron chi connectivity index (χ4n) is 1.97. The molecule has 2 rings (SSSR count). The van der Waals surface area contributed by atoms with E-state index in [4.69, 9.17) is 4.52 Å². The van der Waals surface area contributed by atoms with Crippen LogP contribution in [-0.4, -0.2) is 17.6 Å². The summed E-state index contributed by atoms with van der Waals surface area (Å²) < 4.78 is 5.10. The van der Waals surface area contributed by atoms with Gasteiger partial charge in [-0.2, -0.15) is 0 Å². The number of anilines is 2. The number of rotatable bonds is 5. The maximum absolute atomic E-state index is 12.2. The quantitative estimate of drug-likeness (QED) is 0.880. The molecule has 0 saturated heterocycles. The molecule has 0 fully saturated rings. The molecule has 1 aromatic heterocycles. The lowest BCUT2D eigenvalue weighted by molar-refractivity contribution is 0.102. The predicted octanol–water partition coefficient (Wildman–Crippen LogP) is 3.67. The highest BCUT2D eigenvalue weighted by Gasteiger charge is 2.14. The third-order valence-electron chi connectivity index (χ3n) is 3.44. The fraction of sp³-hybridized carbons (Fsp3) is 0.375. The molecule has 21 heavy (non-hydrogen) atoms. The summed E-state index contributed by atoms with van der Waals surface area (Å²) in [6, 6.07) is 5.60. The number of hydrogen-bond donors (Lipinski definition) is 2. The van der Waals surface area contributed by atoms with Gasteiger partial charge in [0.1, 0.15) is 0 Å². The van der Waals surface area contributed by atoms with Gasteiger partial charge in [0.15, 0.2) is 0 Å². The first-order chi connectivity index (χ1) is 10.0. The molecule has 5 nitrogen and oxygen atoms in total. The van der Waals surface area contributed by atoms with Crippen molar-refractivity contribution in [2.45, 2.75) is 34.1 Å². The minimum absolute atomic E-state index is 0.195. The van der Waals surface area contributed by atoms with E-state index in [1.807, 2.05) is 32.9 Å². The Morgan fingerprint density at radius 3 is 2.62 bits per heavy atom. The Labute approximate surface area is 124 Å². The highest BCUT2D eigenvalue weighted by molar-refractivity contribution is 6.04. The van der Waals surface area contributed by atoms with Gasteiger partial charge in [0.05, 0.1) is 5.69 Å². The van der Waals surface area contributed by atoms with Crippen LogP contribution in [0, 0.1) is 20.8 Å². The first-order valence-corrected chi connectivity index (χ1v) is 7.11. The highest BCUT2D eigenvalue weighted by atomic mass is 16.5. The average molecular weight is 287 g/mol. The molecule has 0 spiro atoms. The summed E-state index contributed by atoms with van der Waals surface area (Å²) in [5, 5.41) is 9.91. The van der Waals surface area contributed by atoms with Crippen molar-refractivity contribution in [3.8, 4) is 0 Å². The number of benzene rings is 1. The Bertz CT molecular complexity index is 647. The van der Waals surface area contributed by atoms with E-state index in [2.05, 4.69) is 22.7 Å². The number of aryl methyl sites for hydroxylation is 2. The number of hydrogen-bond acceptors (Lipinski definition) is 4. The maximum atomic E-state index is 12.2. The van der Waals surface area contributed by atoms with Crippen LogP contribution in [0.15, 0.2) is 22.7 Å². The van der Waals surface area contributed by atoms with Gasteiger partial charge in [0.2, 0.25) is 5.88 Å². The Hall–Kier alpha value is -2.30. The van der Waals surface area contributed by atoms with Crippen LogP contribution in [0.4, 0.5) is 11.6 Å². The van der Waals surface area contributed by atoms with E-state index in [1.54, 1.807) is 6.07 Å². The smallest absolute Gasteiger partial charge is 0.258 e. The molecule has 1 aromatic carbocycles. The minimum Gasteiger partial charge on any atom is -0.385 e. The zero-order valence-electron chi connectivity index (χ0n) is 12.9. The number of carbonyl (C=O) groups is 1. The fourth-order valence-corrected chi connectivity index (χ4v) is 1.97. The Morgan fingerprint density at radius 1 is 1.29 bits per heavy atom. The van der Waals surface area contributed by atoms with Crippen LogP contribution in [0.25, 0.3) is 0 Å². The van der Waals surface area contributed by atoms with Crippen molar-refractivity contribution < 1.29 is 9.32 Å². The standard InChI is InChI=1S/C16H21N3O2/c1-5-8-17-14-7-6-13(9-10(14)2)15(20)18-16-11(3)12(4)19-21-16/h6-7,9,17H,5,8H2,1-4H3,(H,18,20). The number of carbonyl (C=O) groups excluding carboxylic acids is 1. The van der Waals surface area contributed by atoms with Crippen LogP contribution >= 0.6 is 0 Å². The molecule has 0 aliphatic carbocycles. The summed E-state index contributed by atoms with van der Waals surface area (Å²) in [4.78, 5) is 12.2. The SMILES string of the molecule is CCCNc1ccc(C(=O)Nc2onc(C)c2C)cc1C. The Balaban J connectivity index is 2.12. The molecule has 0 aliphatic heterocycles. The van der Waals surface area contributed by atoms with E-state index in [0.717, 1.165) is 35.5 Å². The molecule has 0 bridgehead atoms. The molecule has 5 heteroatoms. The topological polar surface area (TPSA) is 67.2 Å². The van der Waals surface area contributed by atoms with Crippen molar-refractivity contribution in [3.05, 3.63) is 40.6 Å². The van der Waals surface area contributed by atoms with Gasteiger partial charge in [-0.15, -0.1) is 0 Å². The van der Waals surface area contributed by atoms with E-state index in [-0.39, 0.29) is 5.91 Å². The average Bonchev–Trinajstić information content (AvgIpc) is 2.78. The lowest BCUT2D eigenvalue weighted by atomic mass is 10.1. The third kappa shape index (κ3) is 3.42. The second-order valence-corrected chi connectivity index (χ2v) is 5.13.